The molecular weight excluding hydrogens is 250 g/mol. The Morgan fingerprint density at radius 1 is 1.40 bits per heavy atom. The van der Waals surface area contributed by atoms with Crippen molar-refractivity contribution in [3.05, 3.63) is 42.0 Å². The van der Waals surface area contributed by atoms with Gasteiger partial charge in [0.2, 0.25) is 0 Å². The van der Waals surface area contributed by atoms with Crippen LogP contribution in [0.4, 0.5) is 5.69 Å². The van der Waals surface area contributed by atoms with Gasteiger partial charge in [-0.3, -0.25) is 4.79 Å². The monoisotopic (exact) mass is 269 g/mol. The summed E-state index contributed by atoms with van der Waals surface area (Å²) in [7, 11) is 3.91. The molecule has 2 aliphatic carbocycles. The van der Waals surface area contributed by atoms with Crippen LogP contribution in [0.15, 0.2) is 41.5 Å². The van der Waals surface area contributed by atoms with E-state index >= 15 is 0 Å². The van der Waals surface area contributed by atoms with E-state index in [1.807, 2.05) is 43.3 Å². The molecule has 1 fully saturated rings. The molecule has 0 radical (unpaired) electrons. The Kier molecular flexibility index (Phi) is 3.30. The summed E-state index contributed by atoms with van der Waals surface area (Å²) in [5, 5.41) is 4.29. The van der Waals surface area contributed by atoms with Crippen LogP contribution in [0.25, 0.3) is 0 Å². The molecule has 1 saturated carbocycles. The maximum absolute atomic E-state index is 12.1. The molecule has 0 bridgehead atoms. The number of allylic oxidation sites excluding steroid dienone is 2. The Morgan fingerprint density at radius 2 is 2.25 bits per heavy atom. The number of fused-ring (bicyclic) bond motifs is 1. The first kappa shape index (κ1) is 12.9. The lowest BCUT2D eigenvalue weighted by Crippen LogP contribution is -2.35. The van der Waals surface area contributed by atoms with Crippen LogP contribution in [0.1, 0.15) is 23.2 Å². The highest BCUT2D eigenvalue weighted by atomic mass is 16.2. The van der Waals surface area contributed by atoms with Gasteiger partial charge in [-0.1, -0.05) is 18.2 Å². The number of hydrazone groups is 1. The second-order valence-electron chi connectivity index (χ2n) is 5.63. The molecule has 3 rings (SSSR count). The van der Waals surface area contributed by atoms with Gasteiger partial charge in [-0.15, -0.1) is 0 Å². The summed E-state index contributed by atoms with van der Waals surface area (Å²) in [5.41, 5.74) is 5.45. The minimum atomic E-state index is -0.143. The molecule has 104 valence electrons. The summed E-state index contributed by atoms with van der Waals surface area (Å²) in [6, 6.07) is 7.54. The highest BCUT2D eigenvalue weighted by Gasteiger charge is 2.37. The standard InChI is InChI=1S/C16H19N3O/c1-19(2)13-7-3-6-12(9-13)16(20)18-17-15-10-11-5-4-8-14(11)15/h3-7,9,11,14H,8,10H2,1-2H3,(H,18,20)/b17-15+. The molecule has 0 aromatic heterocycles. The highest BCUT2D eigenvalue weighted by Crippen LogP contribution is 2.40. The largest absolute Gasteiger partial charge is 0.378 e. The molecule has 0 saturated heterocycles. The number of nitrogens with zero attached hydrogens (tertiary/aromatic N) is 2. The number of hydrogen-bond acceptors (Lipinski definition) is 3. The van der Waals surface area contributed by atoms with Gasteiger partial charge < -0.3 is 4.90 Å². The van der Waals surface area contributed by atoms with Crippen molar-refractivity contribution in [3.8, 4) is 0 Å². The van der Waals surface area contributed by atoms with Crippen molar-refractivity contribution in [2.75, 3.05) is 19.0 Å². The average Bonchev–Trinajstić information content (AvgIpc) is 2.80. The molecule has 2 unspecified atom stereocenters. The summed E-state index contributed by atoms with van der Waals surface area (Å²) in [4.78, 5) is 14.1. The maximum atomic E-state index is 12.1. The fraction of sp³-hybridized carbons (Fsp3) is 0.375. The van der Waals surface area contributed by atoms with Crippen molar-refractivity contribution in [2.24, 2.45) is 16.9 Å². The van der Waals surface area contributed by atoms with Crippen LogP contribution in [-0.2, 0) is 0 Å². The van der Waals surface area contributed by atoms with Crippen LogP contribution >= 0.6 is 0 Å². The lowest BCUT2D eigenvalue weighted by atomic mass is 9.74. The molecule has 1 N–H and O–H groups in total. The van der Waals surface area contributed by atoms with Gasteiger partial charge >= 0.3 is 0 Å². The van der Waals surface area contributed by atoms with Crippen LogP contribution in [0, 0.1) is 11.8 Å². The molecule has 4 heteroatoms. The van der Waals surface area contributed by atoms with E-state index in [4.69, 9.17) is 0 Å². The van der Waals surface area contributed by atoms with Crippen LogP contribution in [0.3, 0.4) is 0 Å². The van der Waals surface area contributed by atoms with Gasteiger partial charge in [0.1, 0.15) is 0 Å². The predicted molar refractivity (Wildman–Crippen MR) is 81.0 cm³/mol. The van der Waals surface area contributed by atoms with Crippen LogP contribution in [0.5, 0.6) is 0 Å². The normalized spacial score (nSPS) is 25.2. The van der Waals surface area contributed by atoms with Crippen molar-refractivity contribution >= 4 is 17.3 Å². The zero-order valence-corrected chi connectivity index (χ0v) is 11.8. The number of carbonyl (C=O) groups is 1. The average molecular weight is 269 g/mol. The van der Waals surface area contributed by atoms with Gasteiger partial charge in [-0.25, -0.2) is 5.43 Å². The number of amides is 1. The Bertz CT molecular complexity index is 589. The van der Waals surface area contributed by atoms with Crippen LogP contribution in [0.2, 0.25) is 0 Å². The molecule has 20 heavy (non-hydrogen) atoms. The number of benzene rings is 1. The second kappa shape index (κ2) is 5.12. The van der Waals surface area contributed by atoms with Crippen molar-refractivity contribution < 1.29 is 4.79 Å². The number of carbonyl (C=O) groups excluding carboxylic acids is 1. The van der Waals surface area contributed by atoms with E-state index in [0.717, 1.165) is 24.2 Å². The van der Waals surface area contributed by atoms with E-state index in [2.05, 4.69) is 22.7 Å². The minimum Gasteiger partial charge on any atom is -0.378 e. The zero-order chi connectivity index (χ0) is 14.1. The number of hydrogen-bond donors (Lipinski definition) is 1. The lowest BCUT2D eigenvalue weighted by molar-refractivity contribution is 0.0954. The third-order valence-electron chi connectivity index (χ3n) is 4.09. The van der Waals surface area contributed by atoms with Gasteiger partial charge in [0.25, 0.3) is 5.91 Å². The third-order valence-corrected chi connectivity index (χ3v) is 4.09. The summed E-state index contributed by atoms with van der Waals surface area (Å²) >= 11 is 0. The first-order valence-corrected chi connectivity index (χ1v) is 6.96. The van der Waals surface area contributed by atoms with E-state index in [-0.39, 0.29) is 5.91 Å². The topological polar surface area (TPSA) is 44.7 Å². The quantitative estimate of drug-likeness (QED) is 0.676. The minimum absolute atomic E-state index is 0.143. The summed E-state index contributed by atoms with van der Waals surface area (Å²) in [6.07, 6.45) is 6.51. The SMILES string of the molecule is CN(C)c1cccc(C(=O)N/N=C2\CC3C=CCC23)c1. The lowest BCUT2D eigenvalue weighted by Gasteiger charge is -2.31. The van der Waals surface area contributed by atoms with E-state index in [1.54, 1.807) is 0 Å². The van der Waals surface area contributed by atoms with Crippen molar-refractivity contribution in [3.63, 3.8) is 0 Å². The molecule has 0 aliphatic heterocycles. The van der Waals surface area contributed by atoms with Gasteiger partial charge in [0.05, 0.1) is 0 Å². The van der Waals surface area contributed by atoms with Gasteiger partial charge in [0.15, 0.2) is 0 Å². The molecule has 2 aliphatic rings. The van der Waals surface area contributed by atoms with E-state index in [0.29, 0.717) is 17.4 Å². The number of nitrogens with one attached hydrogen (secondary N) is 1. The van der Waals surface area contributed by atoms with Gasteiger partial charge in [-0.2, -0.15) is 5.10 Å². The molecule has 0 heterocycles. The Hall–Kier alpha value is -2.10. The van der Waals surface area contributed by atoms with Crippen molar-refractivity contribution in [1.82, 2.24) is 5.43 Å². The van der Waals surface area contributed by atoms with E-state index in [9.17, 15) is 4.79 Å². The molecule has 4 nitrogen and oxygen atoms in total. The fourth-order valence-electron chi connectivity index (χ4n) is 2.78. The summed E-state index contributed by atoms with van der Waals surface area (Å²) in [6.45, 7) is 0. The van der Waals surface area contributed by atoms with Gasteiger partial charge in [-0.05, 0) is 37.0 Å². The van der Waals surface area contributed by atoms with Gasteiger partial charge in [0, 0.05) is 37.0 Å². The maximum Gasteiger partial charge on any atom is 0.271 e. The zero-order valence-electron chi connectivity index (χ0n) is 11.8. The van der Waals surface area contributed by atoms with E-state index < -0.39 is 0 Å². The second-order valence-corrected chi connectivity index (χ2v) is 5.63. The van der Waals surface area contributed by atoms with Crippen LogP contribution < -0.4 is 10.3 Å². The summed E-state index contributed by atoms with van der Waals surface area (Å²) in [5.74, 6) is 1.04. The first-order valence-electron chi connectivity index (χ1n) is 6.96. The Balaban J connectivity index is 1.65. The summed E-state index contributed by atoms with van der Waals surface area (Å²) < 4.78 is 0. The molecule has 2 atom stereocenters. The molecule has 0 spiro atoms. The Labute approximate surface area is 119 Å². The molecule has 1 aromatic carbocycles. The molecule has 1 amide bonds. The Morgan fingerprint density at radius 3 is 3.00 bits per heavy atom. The first-order chi connectivity index (χ1) is 9.65. The van der Waals surface area contributed by atoms with Crippen LogP contribution in [-0.4, -0.2) is 25.7 Å². The third kappa shape index (κ3) is 2.33. The fourth-order valence-corrected chi connectivity index (χ4v) is 2.78. The smallest absolute Gasteiger partial charge is 0.271 e. The predicted octanol–water partition coefficient (Wildman–Crippen LogP) is 2.43. The van der Waals surface area contributed by atoms with Crippen molar-refractivity contribution in [1.29, 1.82) is 0 Å². The van der Waals surface area contributed by atoms with Crippen molar-refractivity contribution in [2.45, 2.75) is 12.8 Å². The highest BCUT2D eigenvalue weighted by molar-refractivity contribution is 5.98. The number of rotatable bonds is 3. The van der Waals surface area contributed by atoms with E-state index in [1.165, 1.54) is 0 Å². The molecular formula is C16H19N3O. The molecule has 1 aromatic rings. The number of anilines is 1.